The monoisotopic (exact) mass is 263 g/mol. The average molecular weight is 263 g/mol. The minimum Gasteiger partial charge on any atom is -0.397 e. The maximum Gasteiger partial charge on any atom is 0.535 e. The van der Waals surface area contributed by atoms with Gasteiger partial charge in [-0.2, -0.15) is 0 Å². The van der Waals surface area contributed by atoms with Gasteiger partial charge in [-0.25, -0.2) is 0 Å². The lowest BCUT2D eigenvalue weighted by Gasteiger charge is -2.32. The van der Waals surface area contributed by atoms with Crippen LogP contribution in [-0.4, -0.2) is 23.5 Å². The molecule has 1 aliphatic heterocycles. The van der Waals surface area contributed by atoms with Crippen LogP contribution in [0.5, 0.6) is 0 Å². The van der Waals surface area contributed by atoms with Gasteiger partial charge in [0.1, 0.15) is 0 Å². The highest BCUT2D eigenvalue weighted by atomic mass is 16.7. The molecule has 0 spiro atoms. The van der Waals surface area contributed by atoms with Crippen LogP contribution >= 0.6 is 0 Å². The standard InChI is InChI=1S/C14H22BNO3/c1-13(2)14(3,4)19-15(18-13)12-9-11(16-17-12)10-7-5-6-8-10/h9-10H,5-8H2,1-4H3. The third kappa shape index (κ3) is 2.23. The summed E-state index contributed by atoms with van der Waals surface area (Å²) in [5, 5.41) is 4.20. The Kier molecular flexibility index (Phi) is 3.02. The zero-order chi connectivity index (χ0) is 13.7. The van der Waals surface area contributed by atoms with Crippen molar-refractivity contribution in [1.82, 2.24) is 5.16 Å². The topological polar surface area (TPSA) is 44.5 Å². The van der Waals surface area contributed by atoms with Gasteiger partial charge in [0.25, 0.3) is 0 Å². The van der Waals surface area contributed by atoms with Gasteiger partial charge in [-0.15, -0.1) is 0 Å². The van der Waals surface area contributed by atoms with Crippen LogP contribution in [0.2, 0.25) is 0 Å². The van der Waals surface area contributed by atoms with Crippen molar-refractivity contribution in [2.75, 3.05) is 0 Å². The summed E-state index contributed by atoms with van der Waals surface area (Å²) in [5.74, 6) is 0.555. The predicted octanol–water partition coefficient (Wildman–Crippen LogP) is 2.63. The molecular formula is C14H22BNO3. The molecule has 2 heterocycles. The van der Waals surface area contributed by atoms with Crippen molar-refractivity contribution < 1.29 is 13.8 Å². The molecule has 3 rings (SSSR count). The van der Waals surface area contributed by atoms with Gasteiger partial charge in [-0.05, 0) is 40.5 Å². The van der Waals surface area contributed by atoms with Crippen molar-refractivity contribution in [3.8, 4) is 0 Å². The maximum atomic E-state index is 5.97. The van der Waals surface area contributed by atoms with Crippen LogP contribution in [-0.2, 0) is 9.31 Å². The van der Waals surface area contributed by atoms with E-state index in [0.29, 0.717) is 11.6 Å². The fourth-order valence-electron chi connectivity index (χ4n) is 2.79. The van der Waals surface area contributed by atoms with Crippen LogP contribution < -0.4 is 5.66 Å². The lowest BCUT2D eigenvalue weighted by molar-refractivity contribution is 0.00578. The predicted molar refractivity (Wildman–Crippen MR) is 73.4 cm³/mol. The lowest BCUT2D eigenvalue weighted by Crippen LogP contribution is -2.41. The summed E-state index contributed by atoms with van der Waals surface area (Å²) in [4.78, 5) is 0. The van der Waals surface area contributed by atoms with Crippen molar-refractivity contribution in [1.29, 1.82) is 0 Å². The Morgan fingerprint density at radius 2 is 1.68 bits per heavy atom. The molecule has 1 aromatic rings. The fraction of sp³-hybridized carbons (Fsp3) is 0.786. The summed E-state index contributed by atoms with van der Waals surface area (Å²) >= 11 is 0. The third-order valence-electron chi connectivity index (χ3n) is 4.81. The summed E-state index contributed by atoms with van der Waals surface area (Å²) in [6.45, 7) is 8.17. The summed E-state index contributed by atoms with van der Waals surface area (Å²) in [6.07, 6.45) is 5.03. The molecule has 0 unspecified atom stereocenters. The molecule has 19 heavy (non-hydrogen) atoms. The van der Waals surface area contributed by atoms with E-state index in [1.807, 2.05) is 33.8 Å². The van der Waals surface area contributed by atoms with E-state index in [4.69, 9.17) is 13.8 Å². The minimum atomic E-state index is -0.437. The van der Waals surface area contributed by atoms with Crippen LogP contribution in [0.3, 0.4) is 0 Å². The molecule has 0 N–H and O–H groups in total. The van der Waals surface area contributed by atoms with Gasteiger partial charge in [-0.3, -0.25) is 0 Å². The second-order valence-corrected chi connectivity index (χ2v) is 6.72. The van der Waals surface area contributed by atoms with Crippen LogP contribution in [0.4, 0.5) is 0 Å². The second-order valence-electron chi connectivity index (χ2n) is 6.72. The molecule has 1 aromatic heterocycles. The minimum absolute atomic E-state index is 0.335. The summed E-state index contributed by atoms with van der Waals surface area (Å²) < 4.78 is 17.4. The van der Waals surface area contributed by atoms with Crippen LogP contribution in [0.1, 0.15) is 65.0 Å². The highest BCUT2D eigenvalue weighted by molar-refractivity contribution is 6.60. The van der Waals surface area contributed by atoms with E-state index in [9.17, 15) is 0 Å². The molecule has 4 nitrogen and oxygen atoms in total. The molecule has 5 heteroatoms. The van der Waals surface area contributed by atoms with Crippen molar-refractivity contribution in [2.45, 2.75) is 70.5 Å². The number of aromatic nitrogens is 1. The third-order valence-corrected chi connectivity index (χ3v) is 4.81. The van der Waals surface area contributed by atoms with Crippen LogP contribution in [0.25, 0.3) is 0 Å². The fourth-order valence-corrected chi connectivity index (χ4v) is 2.79. The van der Waals surface area contributed by atoms with Gasteiger partial charge in [0.15, 0.2) is 5.66 Å². The summed E-state index contributed by atoms with van der Waals surface area (Å²) in [7, 11) is -0.437. The van der Waals surface area contributed by atoms with E-state index in [1.165, 1.54) is 25.7 Å². The highest BCUT2D eigenvalue weighted by Crippen LogP contribution is 2.37. The molecule has 1 saturated carbocycles. The molecule has 104 valence electrons. The molecule has 0 aromatic carbocycles. The average Bonchev–Trinajstić information content (AvgIpc) is 3.00. The molecule has 0 amide bonds. The Hall–Kier alpha value is -0.805. The number of hydrogen-bond acceptors (Lipinski definition) is 4. The van der Waals surface area contributed by atoms with E-state index < -0.39 is 7.12 Å². The molecular weight excluding hydrogens is 241 g/mol. The maximum absolute atomic E-state index is 5.97. The van der Waals surface area contributed by atoms with Gasteiger partial charge < -0.3 is 13.8 Å². The number of rotatable bonds is 2. The van der Waals surface area contributed by atoms with Crippen molar-refractivity contribution >= 4 is 12.8 Å². The molecule has 1 aliphatic carbocycles. The largest absolute Gasteiger partial charge is 0.535 e. The molecule has 1 saturated heterocycles. The first-order valence-corrected chi connectivity index (χ1v) is 7.21. The van der Waals surface area contributed by atoms with E-state index >= 15 is 0 Å². The van der Waals surface area contributed by atoms with Crippen molar-refractivity contribution in [3.05, 3.63) is 11.8 Å². The number of hydrogen-bond donors (Lipinski definition) is 0. The highest BCUT2D eigenvalue weighted by Gasteiger charge is 2.53. The molecule has 2 fully saturated rings. The first-order chi connectivity index (χ1) is 8.89. The molecule has 0 bridgehead atoms. The Balaban J connectivity index is 1.77. The second kappa shape index (κ2) is 4.35. The Morgan fingerprint density at radius 1 is 1.11 bits per heavy atom. The Bertz CT molecular complexity index is 447. The van der Waals surface area contributed by atoms with Gasteiger partial charge in [0.05, 0.1) is 16.9 Å². The summed E-state index contributed by atoms with van der Waals surface area (Å²) in [6, 6.07) is 2.01. The quantitative estimate of drug-likeness (QED) is 0.769. The van der Waals surface area contributed by atoms with Crippen molar-refractivity contribution in [3.63, 3.8) is 0 Å². The van der Waals surface area contributed by atoms with Crippen molar-refractivity contribution in [2.24, 2.45) is 0 Å². The lowest BCUT2D eigenvalue weighted by atomic mass is 9.85. The summed E-state index contributed by atoms with van der Waals surface area (Å²) in [5.41, 5.74) is 1.08. The first kappa shape index (κ1) is 13.2. The number of nitrogens with zero attached hydrogens (tertiary/aromatic N) is 1. The zero-order valence-electron chi connectivity index (χ0n) is 12.2. The van der Waals surface area contributed by atoms with Gasteiger partial charge in [0.2, 0.25) is 0 Å². The molecule has 0 atom stereocenters. The van der Waals surface area contributed by atoms with Crippen LogP contribution in [0.15, 0.2) is 10.6 Å². The van der Waals surface area contributed by atoms with E-state index in [0.717, 1.165) is 5.69 Å². The Labute approximate surface area is 115 Å². The van der Waals surface area contributed by atoms with E-state index in [1.54, 1.807) is 0 Å². The van der Waals surface area contributed by atoms with Gasteiger partial charge in [0, 0.05) is 12.0 Å². The van der Waals surface area contributed by atoms with Gasteiger partial charge >= 0.3 is 7.12 Å². The van der Waals surface area contributed by atoms with E-state index in [2.05, 4.69) is 5.16 Å². The van der Waals surface area contributed by atoms with E-state index in [-0.39, 0.29) is 11.2 Å². The van der Waals surface area contributed by atoms with Gasteiger partial charge in [-0.1, -0.05) is 18.0 Å². The molecule has 0 radical (unpaired) electrons. The molecule has 2 aliphatic rings. The smallest absolute Gasteiger partial charge is 0.397 e. The Morgan fingerprint density at radius 3 is 2.26 bits per heavy atom. The van der Waals surface area contributed by atoms with Crippen LogP contribution in [0, 0.1) is 0 Å². The first-order valence-electron chi connectivity index (χ1n) is 7.21. The zero-order valence-corrected chi connectivity index (χ0v) is 12.2. The SMILES string of the molecule is CC1(C)OB(c2cc(C3CCCC3)no2)OC1(C)C. The normalized spacial score (nSPS) is 26.2.